The van der Waals surface area contributed by atoms with Crippen molar-refractivity contribution in [2.75, 3.05) is 11.5 Å². The van der Waals surface area contributed by atoms with Crippen LogP contribution < -0.4 is 0 Å². The van der Waals surface area contributed by atoms with E-state index in [9.17, 15) is 13.2 Å². The molecule has 0 amide bonds. The van der Waals surface area contributed by atoms with Crippen LogP contribution in [-0.4, -0.2) is 21.5 Å². The summed E-state index contributed by atoms with van der Waals surface area (Å²) in [6.07, 6.45) is -2.45. The molecule has 1 heterocycles. The molecule has 0 atom stereocenters. The number of aromatic amines is 1. The molecule has 0 saturated heterocycles. The first-order valence-corrected chi connectivity index (χ1v) is 8.79. The molecular formula is C14H17F3N2S2. The molecule has 1 aromatic carbocycles. The number of rotatable bonds is 6. The summed E-state index contributed by atoms with van der Waals surface area (Å²) in [5, 5.41) is 0. The standard InChI is InChI=1S/C14H17F3N2S2/c1-3-5-20-9-7-10-12(11(8-9)21-6-4-2)19-13(18-10)14(15,16)17/h7-8H,3-6H2,1-2H3,(H,18,19). The summed E-state index contributed by atoms with van der Waals surface area (Å²) >= 11 is 3.22. The largest absolute Gasteiger partial charge is 0.449 e. The van der Waals surface area contributed by atoms with Gasteiger partial charge < -0.3 is 4.98 Å². The number of benzene rings is 1. The fourth-order valence-corrected chi connectivity index (χ4v) is 3.66. The first-order valence-electron chi connectivity index (χ1n) is 6.82. The van der Waals surface area contributed by atoms with Crippen LogP contribution in [0, 0.1) is 0 Å². The number of halogens is 3. The van der Waals surface area contributed by atoms with Gasteiger partial charge in [0.1, 0.15) is 5.52 Å². The van der Waals surface area contributed by atoms with Gasteiger partial charge in [0.15, 0.2) is 0 Å². The minimum Gasteiger partial charge on any atom is -0.334 e. The van der Waals surface area contributed by atoms with Gasteiger partial charge in [-0.3, -0.25) is 0 Å². The van der Waals surface area contributed by atoms with Crippen LogP contribution in [-0.2, 0) is 6.18 Å². The van der Waals surface area contributed by atoms with E-state index in [0.29, 0.717) is 11.0 Å². The normalized spacial score (nSPS) is 12.2. The molecule has 116 valence electrons. The highest BCUT2D eigenvalue weighted by atomic mass is 32.2. The number of hydrogen-bond acceptors (Lipinski definition) is 3. The summed E-state index contributed by atoms with van der Waals surface area (Å²) in [5.41, 5.74) is 0.878. The molecule has 1 N–H and O–H groups in total. The molecule has 21 heavy (non-hydrogen) atoms. The van der Waals surface area contributed by atoms with Crippen LogP contribution in [0.1, 0.15) is 32.5 Å². The zero-order chi connectivity index (χ0) is 15.5. The van der Waals surface area contributed by atoms with Crippen molar-refractivity contribution in [3.8, 4) is 0 Å². The van der Waals surface area contributed by atoms with Crippen molar-refractivity contribution in [2.24, 2.45) is 0 Å². The molecule has 0 fully saturated rings. The molecular weight excluding hydrogens is 317 g/mol. The van der Waals surface area contributed by atoms with Gasteiger partial charge >= 0.3 is 6.18 Å². The number of aromatic nitrogens is 2. The Kier molecular flexibility index (Phi) is 5.48. The third kappa shape index (κ3) is 4.10. The van der Waals surface area contributed by atoms with Crippen molar-refractivity contribution in [2.45, 2.75) is 42.7 Å². The van der Waals surface area contributed by atoms with E-state index in [1.54, 1.807) is 29.6 Å². The Morgan fingerprint density at radius 1 is 1.10 bits per heavy atom. The van der Waals surface area contributed by atoms with Gasteiger partial charge in [-0.15, -0.1) is 23.5 Å². The average Bonchev–Trinajstić information content (AvgIpc) is 2.86. The summed E-state index contributed by atoms with van der Waals surface area (Å²) in [4.78, 5) is 7.96. The molecule has 0 aliphatic carbocycles. The van der Waals surface area contributed by atoms with Crippen LogP contribution in [0.25, 0.3) is 11.0 Å². The monoisotopic (exact) mass is 334 g/mol. The maximum absolute atomic E-state index is 12.8. The van der Waals surface area contributed by atoms with E-state index in [1.165, 1.54) is 0 Å². The topological polar surface area (TPSA) is 28.7 Å². The fourth-order valence-electron chi connectivity index (χ4n) is 1.82. The molecule has 0 unspecified atom stereocenters. The van der Waals surface area contributed by atoms with E-state index in [0.717, 1.165) is 34.1 Å². The van der Waals surface area contributed by atoms with Crippen LogP contribution >= 0.6 is 23.5 Å². The molecule has 2 rings (SSSR count). The van der Waals surface area contributed by atoms with Gasteiger partial charge in [-0.25, -0.2) is 4.98 Å². The van der Waals surface area contributed by atoms with Crippen molar-refractivity contribution in [1.82, 2.24) is 9.97 Å². The number of imidazole rings is 1. The smallest absolute Gasteiger partial charge is 0.334 e. The second-order valence-corrected chi connectivity index (χ2v) is 6.90. The summed E-state index contributed by atoms with van der Waals surface area (Å²) < 4.78 is 38.4. The molecule has 0 spiro atoms. The van der Waals surface area contributed by atoms with Gasteiger partial charge in [0.25, 0.3) is 0 Å². The van der Waals surface area contributed by atoms with E-state index in [4.69, 9.17) is 0 Å². The number of nitrogens with zero attached hydrogens (tertiary/aromatic N) is 1. The number of nitrogens with one attached hydrogen (secondary N) is 1. The number of fused-ring (bicyclic) bond motifs is 1. The van der Waals surface area contributed by atoms with Gasteiger partial charge in [0, 0.05) is 9.79 Å². The molecule has 0 radical (unpaired) electrons. The Bertz CT molecular complexity index is 608. The van der Waals surface area contributed by atoms with Gasteiger partial charge in [-0.1, -0.05) is 13.8 Å². The van der Waals surface area contributed by atoms with E-state index >= 15 is 0 Å². The van der Waals surface area contributed by atoms with Crippen LogP contribution in [0.5, 0.6) is 0 Å². The van der Waals surface area contributed by atoms with Gasteiger partial charge in [-0.05, 0) is 36.5 Å². The van der Waals surface area contributed by atoms with E-state index in [-0.39, 0.29) is 0 Å². The second kappa shape index (κ2) is 6.96. The highest BCUT2D eigenvalue weighted by Crippen LogP contribution is 2.35. The molecule has 7 heteroatoms. The van der Waals surface area contributed by atoms with Crippen molar-refractivity contribution in [3.63, 3.8) is 0 Å². The summed E-state index contributed by atoms with van der Waals surface area (Å²) in [6, 6.07) is 3.71. The first kappa shape index (κ1) is 16.5. The minimum atomic E-state index is -4.44. The zero-order valence-corrected chi connectivity index (χ0v) is 13.5. The predicted octanol–water partition coefficient (Wildman–Crippen LogP) is 5.59. The van der Waals surface area contributed by atoms with Gasteiger partial charge in [0.05, 0.1) is 5.52 Å². The summed E-state index contributed by atoms with van der Waals surface area (Å²) in [6.45, 7) is 4.13. The Morgan fingerprint density at radius 3 is 2.38 bits per heavy atom. The quantitative estimate of drug-likeness (QED) is 0.699. The SMILES string of the molecule is CCCSc1cc(SCCC)c2nc(C(F)(F)F)[nH]c2c1. The molecule has 2 nitrogen and oxygen atoms in total. The van der Waals surface area contributed by atoms with Gasteiger partial charge in [0.2, 0.25) is 5.82 Å². The number of H-pyrrole nitrogens is 1. The highest BCUT2D eigenvalue weighted by molar-refractivity contribution is 8.00. The molecule has 1 aromatic heterocycles. The molecule has 0 saturated carbocycles. The van der Waals surface area contributed by atoms with Crippen molar-refractivity contribution >= 4 is 34.6 Å². The summed E-state index contributed by atoms with van der Waals surface area (Å²) in [7, 11) is 0. The maximum Gasteiger partial charge on any atom is 0.449 e. The average molecular weight is 334 g/mol. The van der Waals surface area contributed by atoms with E-state index in [1.807, 2.05) is 13.0 Å². The minimum absolute atomic E-state index is 0.418. The lowest BCUT2D eigenvalue weighted by atomic mass is 10.3. The highest BCUT2D eigenvalue weighted by Gasteiger charge is 2.35. The zero-order valence-electron chi connectivity index (χ0n) is 11.9. The first-order chi connectivity index (χ1) is 9.95. The molecule has 0 aliphatic heterocycles. The Morgan fingerprint density at radius 2 is 1.76 bits per heavy atom. The second-order valence-electron chi connectivity index (χ2n) is 4.60. The molecule has 0 bridgehead atoms. The van der Waals surface area contributed by atoms with Crippen molar-refractivity contribution in [3.05, 3.63) is 18.0 Å². The van der Waals surface area contributed by atoms with E-state index < -0.39 is 12.0 Å². The van der Waals surface area contributed by atoms with Crippen LogP contribution in [0.15, 0.2) is 21.9 Å². The Labute approximate surface area is 130 Å². The van der Waals surface area contributed by atoms with Gasteiger partial charge in [-0.2, -0.15) is 13.2 Å². The fraction of sp³-hybridized carbons (Fsp3) is 0.500. The van der Waals surface area contributed by atoms with Crippen LogP contribution in [0.2, 0.25) is 0 Å². The third-order valence-electron chi connectivity index (χ3n) is 2.73. The number of thioether (sulfide) groups is 2. The molecule has 0 aliphatic rings. The Hall–Kier alpha value is -0.820. The summed E-state index contributed by atoms with van der Waals surface area (Å²) in [5.74, 6) is 0.892. The van der Waals surface area contributed by atoms with Crippen molar-refractivity contribution < 1.29 is 13.2 Å². The Balaban J connectivity index is 2.45. The lowest BCUT2D eigenvalue weighted by Crippen LogP contribution is -2.06. The third-order valence-corrected chi connectivity index (χ3v) is 5.14. The lowest BCUT2D eigenvalue weighted by molar-refractivity contribution is -0.144. The predicted molar refractivity (Wildman–Crippen MR) is 83.1 cm³/mol. The van der Waals surface area contributed by atoms with Crippen LogP contribution in [0.4, 0.5) is 13.2 Å². The van der Waals surface area contributed by atoms with Crippen LogP contribution in [0.3, 0.4) is 0 Å². The van der Waals surface area contributed by atoms with E-state index in [2.05, 4.69) is 16.9 Å². The number of alkyl halides is 3. The molecule has 2 aromatic rings. The lowest BCUT2D eigenvalue weighted by Gasteiger charge is -2.05. The maximum atomic E-state index is 12.8. The van der Waals surface area contributed by atoms with Crippen molar-refractivity contribution in [1.29, 1.82) is 0 Å². The number of hydrogen-bond donors (Lipinski definition) is 1.